The highest BCUT2D eigenvalue weighted by atomic mass is 16.3. The smallest absolute Gasteiger partial charge is 0.164 e. The molecule has 50 heavy (non-hydrogen) atoms. The third kappa shape index (κ3) is 4.65. The van der Waals surface area contributed by atoms with E-state index in [9.17, 15) is 0 Å². The summed E-state index contributed by atoms with van der Waals surface area (Å²) in [4.78, 5) is 15.6. The zero-order valence-corrected chi connectivity index (χ0v) is 27.0. The molecule has 0 radical (unpaired) electrons. The van der Waals surface area contributed by atoms with Crippen molar-refractivity contribution >= 4 is 55.6 Å². The topological polar surface area (TPSA) is 51.8 Å². The molecule has 0 spiro atoms. The number of para-hydroxylation sites is 1. The molecule has 1 aliphatic rings. The van der Waals surface area contributed by atoms with Gasteiger partial charge in [0, 0.05) is 33.0 Å². The second kappa shape index (κ2) is 11.5. The number of aromatic nitrogens is 3. The first-order valence-electron chi connectivity index (χ1n) is 16.9. The van der Waals surface area contributed by atoms with E-state index >= 15 is 0 Å². The van der Waals surface area contributed by atoms with Gasteiger partial charge in [-0.05, 0) is 75.0 Å². The fourth-order valence-corrected chi connectivity index (χ4v) is 7.32. The number of fused-ring (bicyclic) bond motifs is 7. The summed E-state index contributed by atoms with van der Waals surface area (Å²) >= 11 is 0. The van der Waals surface area contributed by atoms with Gasteiger partial charge in [-0.2, -0.15) is 0 Å². The van der Waals surface area contributed by atoms with Gasteiger partial charge in [0.05, 0.1) is 0 Å². The Kier molecular flexibility index (Phi) is 6.53. The van der Waals surface area contributed by atoms with Crippen LogP contribution in [0.4, 0.5) is 0 Å². The van der Waals surface area contributed by atoms with Gasteiger partial charge in [-0.3, -0.25) is 0 Å². The maximum Gasteiger partial charge on any atom is 0.164 e. The Labute approximate surface area is 288 Å². The molecule has 0 bridgehead atoms. The van der Waals surface area contributed by atoms with Gasteiger partial charge in [-0.15, -0.1) is 0 Å². The van der Waals surface area contributed by atoms with Crippen LogP contribution in [0.15, 0.2) is 156 Å². The molecule has 0 unspecified atom stereocenters. The van der Waals surface area contributed by atoms with Crippen LogP contribution in [0.1, 0.15) is 17.5 Å². The van der Waals surface area contributed by atoms with Crippen molar-refractivity contribution < 1.29 is 4.42 Å². The molecular weight excluding hydrogens is 611 g/mol. The third-order valence-electron chi connectivity index (χ3n) is 9.71. The maximum absolute atomic E-state index is 6.69. The number of hydrogen-bond acceptors (Lipinski definition) is 4. The number of rotatable bonds is 4. The highest BCUT2D eigenvalue weighted by Gasteiger charge is 2.22. The van der Waals surface area contributed by atoms with Gasteiger partial charge in [0.15, 0.2) is 17.5 Å². The molecule has 0 amide bonds. The summed E-state index contributed by atoms with van der Waals surface area (Å²) in [6, 6.07) is 48.5. The van der Waals surface area contributed by atoms with E-state index in [0.717, 1.165) is 67.1 Å². The molecule has 0 saturated heterocycles. The summed E-state index contributed by atoms with van der Waals surface area (Å²) in [5, 5.41) is 6.68. The van der Waals surface area contributed by atoms with E-state index < -0.39 is 0 Å². The van der Waals surface area contributed by atoms with E-state index in [1.165, 1.54) is 21.7 Å². The van der Waals surface area contributed by atoms with E-state index in [2.05, 4.69) is 133 Å². The second-order valence-corrected chi connectivity index (χ2v) is 12.7. The van der Waals surface area contributed by atoms with Gasteiger partial charge in [0.25, 0.3) is 0 Å². The molecule has 234 valence electrons. The van der Waals surface area contributed by atoms with Crippen LogP contribution in [-0.4, -0.2) is 15.0 Å². The molecule has 1 aliphatic carbocycles. The van der Waals surface area contributed by atoms with Gasteiger partial charge in [0.2, 0.25) is 0 Å². The summed E-state index contributed by atoms with van der Waals surface area (Å²) in [6.45, 7) is 0. The molecule has 4 nitrogen and oxygen atoms in total. The van der Waals surface area contributed by atoms with Crippen LogP contribution in [0, 0.1) is 0 Å². The van der Waals surface area contributed by atoms with Crippen LogP contribution in [0.3, 0.4) is 0 Å². The summed E-state index contributed by atoms with van der Waals surface area (Å²) in [6.07, 6.45) is 9.75. The van der Waals surface area contributed by atoms with Gasteiger partial charge in [-0.25, -0.2) is 15.0 Å². The van der Waals surface area contributed by atoms with E-state index in [1.807, 2.05) is 30.3 Å². The second-order valence-electron chi connectivity index (χ2n) is 12.7. The van der Waals surface area contributed by atoms with Gasteiger partial charge >= 0.3 is 0 Å². The third-order valence-corrected chi connectivity index (χ3v) is 9.71. The SMILES string of the molecule is C1=Cc2cc(-c3nc(-c4ccccc4)nc(-c4ccc(-c5ccc6ccccc6c5)c5oc6ccccc6c45)n3)c3ccccc3c2C=CC1. The normalized spacial score (nSPS) is 12.6. The first kappa shape index (κ1) is 28.4. The molecule has 7 aromatic carbocycles. The lowest BCUT2D eigenvalue weighted by molar-refractivity contribution is 0.670. The summed E-state index contributed by atoms with van der Waals surface area (Å²) in [5.74, 6) is 1.86. The Morgan fingerprint density at radius 2 is 1.14 bits per heavy atom. The van der Waals surface area contributed by atoms with Crippen molar-refractivity contribution in [2.45, 2.75) is 6.42 Å². The van der Waals surface area contributed by atoms with Crippen LogP contribution in [0.5, 0.6) is 0 Å². The van der Waals surface area contributed by atoms with Crippen LogP contribution >= 0.6 is 0 Å². The number of nitrogens with zero attached hydrogens (tertiary/aromatic N) is 3. The summed E-state index contributed by atoms with van der Waals surface area (Å²) in [7, 11) is 0. The fourth-order valence-electron chi connectivity index (χ4n) is 7.32. The van der Waals surface area contributed by atoms with Crippen molar-refractivity contribution in [2.24, 2.45) is 0 Å². The molecule has 4 heteroatoms. The number of allylic oxidation sites excluding steroid dienone is 2. The van der Waals surface area contributed by atoms with Gasteiger partial charge < -0.3 is 4.42 Å². The predicted molar refractivity (Wildman–Crippen MR) is 207 cm³/mol. The molecule has 0 atom stereocenters. The lowest BCUT2D eigenvalue weighted by Gasteiger charge is -2.14. The summed E-state index contributed by atoms with van der Waals surface area (Å²) in [5.41, 5.74) is 8.93. The van der Waals surface area contributed by atoms with Crippen molar-refractivity contribution in [2.75, 3.05) is 0 Å². The lowest BCUT2D eigenvalue weighted by Crippen LogP contribution is -2.01. The highest BCUT2D eigenvalue weighted by Crippen LogP contribution is 2.42. The molecule has 0 N–H and O–H groups in total. The standard InChI is InChI=1S/C46H29N3O/c1-3-14-30(15-4-1)44-47-45(49-46(48-44)40-28-32-17-5-2-6-18-34(32)36-19-9-10-20-37(36)40)39-26-25-35(33-24-23-29-13-7-8-16-31(29)27-33)43-42(39)38-21-11-12-22-41(38)50-43/h1,3-28H,2H2. The predicted octanol–water partition coefficient (Wildman–Crippen LogP) is 12.2. The van der Waals surface area contributed by atoms with Crippen molar-refractivity contribution in [3.8, 4) is 45.3 Å². The van der Waals surface area contributed by atoms with Gasteiger partial charge in [0.1, 0.15) is 11.2 Å². The quantitative estimate of drug-likeness (QED) is 0.192. The molecule has 9 aromatic rings. The van der Waals surface area contributed by atoms with E-state index in [0.29, 0.717) is 17.5 Å². The monoisotopic (exact) mass is 639 g/mol. The maximum atomic E-state index is 6.69. The minimum Gasteiger partial charge on any atom is -0.455 e. The van der Waals surface area contributed by atoms with E-state index in [-0.39, 0.29) is 0 Å². The average molecular weight is 640 g/mol. The Bertz CT molecular complexity index is 2850. The molecule has 2 aromatic heterocycles. The number of hydrogen-bond donors (Lipinski definition) is 0. The zero-order valence-electron chi connectivity index (χ0n) is 27.0. The average Bonchev–Trinajstić information content (AvgIpc) is 3.40. The minimum atomic E-state index is 0.602. The number of furan rings is 1. The lowest BCUT2D eigenvalue weighted by atomic mass is 9.94. The van der Waals surface area contributed by atoms with Crippen molar-refractivity contribution in [1.82, 2.24) is 15.0 Å². The van der Waals surface area contributed by atoms with Gasteiger partial charge in [-0.1, -0.05) is 133 Å². The van der Waals surface area contributed by atoms with Crippen LogP contribution in [0.25, 0.3) is 101 Å². The highest BCUT2D eigenvalue weighted by molar-refractivity contribution is 6.16. The molecular formula is C46H29N3O. The van der Waals surface area contributed by atoms with Crippen molar-refractivity contribution in [3.63, 3.8) is 0 Å². The Balaban J connectivity index is 1.26. The molecule has 2 heterocycles. The summed E-state index contributed by atoms with van der Waals surface area (Å²) < 4.78 is 6.69. The van der Waals surface area contributed by atoms with Crippen molar-refractivity contribution in [1.29, 1.82) is 0 Å². The molecule has 10 rings (SSSR count). The molecule has 0 saturated carbocycles. The van der Waals surface area contributed by atoms with Crippen LogP contribution in [-0.2, 0) is 0 Å². The molecule has 0 aliphatic heterocycles. The fraction of sp³-hybridized carbons (Fsp3) is 0.0217. The Morgan fingerprint density at radius 3 is 2.02 bits per heavy atom. The zero-order chi connectivity index (χ0) is 33.0. The minimum absolute atomic E-state index is 0.602. The first-order chi connectivity index (χ1) is 24.8. The number of benzene rings is 7. The van der Waals surface area contributed by atoms with E-state index in [4.69, 9.17) is 19.4 Å². The Hall–Kier alpha value is -6.65. The molecule has 0 fully saturated rings. The largest absolute Gasteiger partial charge is 0.455 e. The first-order valence-corrected chi connectivity index (χ1v) is 16.9. The van der Waals surface area contributed by atoms with Crippen LogP contribution in [0.2, 0.25) is 0 Å². The van der Waals surface area contributed by atoms with Crippen molar-refractivity contribution in [3.05, 3.63) is 163 Å². The van der Waals surface area contributed by atoms with Crippen LogP contribution < -0.4 is 0 Å². The van der Waals surface area contributed by atoms with E-state index in [1.54, 1.807) is 0 Å². The Morgan fingerprint density at radius 1 is 0.460 bits per heavy atom.